The lowest BCUT2D eigenvalue weighted by molar-refractivity contribution is -0.140. The zero-order valence-electron chi connectivity index (χ0n) is 12.9. The monoisotopic (exact) mass is 294 g/mol. The molecule has 0 heterocycles. The zero-order chi connectivity index (χ0) is 16.0. The van der Waals surface area contributed by atoms with Gasteiger partial charge in [-0.05, 0) is 36.0 Å². The molecule has 0 amide bonds. The fourth-order valence-electron chi connectivity index (χ4n) is 2.15. The first-order chi connectivity index (χ1) is 9.81. The molecule has 0 atom stereocenters. The van der Waals surface area contributed by atoms with Crippen molar-refractivity contribution in [1.82, 2.24) is 0 Å². The second kappa shape index (κ2) is 7.11. The lowest BCUT2D eigenvalue weighted by atomic mass is 9.79. The van der Waals surface area contributed by atoms with Gasteiger partial charge in [0.05, 0.1) is 14.2 Å². The highest BCUT2D eigenvalue weighted by molar-refractivity contribution is 5.92. The van der Waals surface area contributed by atoms with Crippen LogP contribution in [0.4, 0.5) is 0 Å². The van der Waals surface area contributed by atoms with Gasteiger partial charge in [0.15, 0.2) is 0 Å². The summed E-state index contributed by atoms with van der Waals surface area (Å²) in [5, 5.41) is 9.72. The molecule has 21 heavy (non-hydrogen) atoms. The molecule has 0 radical (unpaired) electrons. The molecular weight excluding hydrogens is 272 g/mol. The van der Waals surface area contributed by atoms with E-state index in [0.29, 0.717) is 12.8 Å². The van der Waals surface area contributed by atoms with Gasteiger partial charge in [0.2, 0.25) is 0 Å². The molecule has 0 unspecified atom stereocenters. The summed E-state index contributed by atoms with van der Waals surface area (Å²) >= 11 is 0. The van der Waals surface area contributed by atoms with E-state index < -0.39 is 5.97 Å². The molecular formula is C16H22O5. The second-order valence-corrected chi connectivity index (χ2v) is 5.54. The molecule has 116 valence electrons. The van der Waals surface area contributed by atoms with Crippen LogP contribution < -0.4 is 0 Å². The van der Waals surface area contributed by atoms with Crippen molar-refractivity contribution in [2.45, 2.75) is 38.5 Å². The molecule has 0 aromatic heterocycles. The van der Waals surface area contributed by atoms with Crippen LogP contribution in [0.1, 0.15) is 49.0 Å². The van der Waals surface area contributed by atoms with E-state index in [0.717, 1.165) is 12.0 Å². The van der Waals surface area contributed by atoms with E-state index in [-0.39, 0.29) is 22.7 Å². The first-order valence-corrected chi connectivity index (χ1v) is 6.80. The molecule has 0 aliphatic carbocycles. The molecule has 0 spiro atoms. The normalized spacial score (nSPS) is 11.0. The highest BCUT2D eigenvalue weighted by Crippen LogP contribution is 2.32. The second-order valence-electron chi connectivity index (χ2n) is 5.54. The van der Waals surface area contributed by atoms with E-state index in [4.69, 9.17) is 0 Å². The number of hydrogen-bond donors (Lipinski definition) is 1. The fourth-order valence-corrected chi connectivity index (χ4v) is 2.15. The Balaban J connectivity index is 2.87. The van der Waals surface area contributed by atoms with Crippen molar-refractivity contribution >= 4 is 11.9 Å². The van der Waals surface area contributed by atoms with Gasteiger partial charge in [-0.15, -0.1) is 0 Å². The molecule has 0 saturated carbocycles. The van der Waals surface area contributed by atoms with Crippen LogP contribution in [0.25, 0.3) is 0 Å². The molecule has 1 rings (SSSR count). The van der Waals surface area contributed by atoms with Crippen LogP contribution in [0, 0.1) is 0 Å². The molecule has 1 aromatic rings. The van der Waals surface area contributed by atoms with Crippen LogP contribution in [0.3, 0.4) is 0 Å². The number of esters is 2. The summed E-state index contributed by atoms with van der Waals surface area (Å²) in [4.78, 5) is 22.8. The minimum atomic E-state index is -0.570. The highest BCUT2D eigenvalue weighted by Gasteiger charge is 2.23. The predicted molar refractivity (Wildman–Crippen MR) is 78.3 cm³/mol. The number of carbonyl (C=O) groups excluding carboxylic acids is 2. The number of hydrogen-bond acceptors (Lipinski definition) is 5. The molecule has 0 bridgehead atoms. The Kier molecular flexibility index (Phi) is 5.76. The van der Waals surface area contributed by atoms with E-state index in [1.807, 2.05) is 13.8 Å². The summed E-state index contributed by atoms with van der Waals surface area (Å²) in [5.74, 6) is -0.901. The van der Waals surface area contributed by atoms with Crippen LogP contribution >= 0.6 is 0 Å². The number of ether oxygens (including phenoxy) is 2. The Hall–Kier alpha value is -2.04. The van der Waals surface area contributed by atoms with E-state index in [1.54, 1.807) is 12.1 Å². The van der Waals surface area contributed by atoms with Crippen LogP contribution in [0.5, 0.6) is 5.75 Å². The average Bonchev–Trinajstić information content (AvgIpc) is 2.46. The fraction of sp³-hybridized carbons (Fsp3) is 0.500. The Labute approximate surface area is 124 Å². The summed E-state index contributed by atoms with van der Waals surface area (Å²) in [5.41, 5.74) is 0.825. The molecule has 0 saturated heterocycles. The topological polar surface area (TPSA) is 72.8 Å². The third-order valence-corrected chi connectivity index (χ3v) is 3.59. The van der Waals surface area contributed by atoms with Gasteiger partial charge in [-0.2, -0.15) is 0 Å². The quantitative estimate of drug-likeness (QED) is 0.817. The number of carbonyl (C=O) groups is 2. The molecule has 0 aliphatic heterocycles. The number of aromatic hydroxyl groups is 1. The van der Waals surface area contributed by atoms with Crippen molar-refractivity contribution in [2.75, 3.05) is 14.2 Å². The van der Waals surface area contributed by atoms with E-state index in [2.05, 4.69) is 9.47 Å². The maximum Gasteiger partial charge on any atom is 0.341 e. The molecule has 0 aliphatic rings. The number of rotatable bonds is 6. The first kappa shape index (κ1) is 17.0. The summed E-state index contributed by atoms with van der Waals surface area (Å²) in [7, 11) is 2.64. The number of phenolic OH excluding ortho intramolecular Hbond substituents is 1. The standard InChI is InChI=1S/C16H22O5/c1-16(2,9-5-6-14(18)20-3)11-7-8-13(17)12(10-11)15(19)21-4/h7-8,10,17H,5-6,9H2,1-4H3. The van der Waals surface area contributed by atoms with Gasteiger partial charge in [-0.25, -0.2) is 4.79 Å². The molecule has 5 nitrogen and oxygen atoms in total. The third-order valence-electron chi connectivity index (χ3n) is 3.59. The maximum atomic E-state index is 11.6. The van der Waals surface area contributed by atoms with Gasteiger partial charge in [0, 0.05) is 6.42 Å². The summed E-state index contributed by atoms with van der Waals surface area (Å²) in [6, 6.07) is 4.91. The van der Waals surface area contributed by atoms with Gasteiger partial charge >= 0.3 is 11.9 Å². The Morgan fingerprint density at radius 2 is 1.86 bits per heavy atom. The number of benzene rings is 1. The Morgan fingerprint density at radius 3 is 2.43 bits per heavy atom. The van der Waals surface area contributed by atoms with Crippen LogP contribution in [0.15, 0.2) is 18.2 Å². The van der Waals surface area contributed by atoms with Crippen LogP contribution in [-0.2, 0) is 19.7 Å². The number of methoxy groups -OCH3 is 2. The van der Waals surface area contributed by atoms with Crippen molar-refractivity contribution in [3.05, 3.63) is 29.3 Å². The zero-order valence-corrected chi connectivity index (χ0v) is 12.9. The van der Waals surface area contributed by atoms with Gasteiger partial charge < -0.3 is 14.6 Å². The first-order valence-electron chi connectivity index (χ1n) is 6.80. The van der Waals surface area contributed by atoms with Crippen molar-refractivity contribution in [3.63, 3.8) is 0 Å². The van der Waals surface area contributed by atoms with Crippen molar-refractivity contribution in [3.8, 4) is 5.75 Å². The van der Waals surface area contributed by atoms with Crippen LogP contribution in [0.2, 0.25) is 0 Å². The minimum absolute atomic E-state index is 0.101. The molecule has 0 fully saturated rings. The largest absolute Gasteiger partial charge is 0.507 e. The summed E-state index contributed by atoms with van der Waals surface area (Å²) in [6.07, 6.45) is 1.81. The molecule has 1 aromatic carbocycles. The van der Waals surface area contributed by atoms with Crippen molar-refractivity contribution in [1.29, 1.82) is 0 Å². The van der Waals surface area contributed by atoms with E-state index in [1.165, 1.54) is 20.3 Å². The van der Waals surface area contributed by atoms with Crippen molar-refractivity contribution in [2.24, 2.45) is 0 Å². The van der Waals surface area contributed by atoms with Gasteiger partial charge in [0.25, 0.3) is 0 Å². The van der Waals surface area contributed by atoms with Crippen LogP contribution in [-0.4, -0.2) is 31.3 Å². The van der Waals surface area contributed by atoms with Gasteiger partial charge in [-0.1, -0.05) is 19.9 Å². The smallest absolute Gasteiger partial charge is 0.341 e. The predicted octanol–water partition coefficient (Wildman–Crippen LogP) is 2.80. The number of phenols is 1. The van der Waals surface area contributed by atoms with E-state index in [9.17, 15) is 14.7 Å². The SMILES string of the molecule is COC(=O)CCCC(C)(C)c1ccc(O)c(C(=O)OC)c1. The van der Waals surface area contributed by atoms with Gasteiger partial charge in [0.1, 0.15) is 11.3 Å². The average molecular weight is 294 g/mol. The Bertz CT molecular complexity index is 519. The lowest BCUT2D eigenvalue weighted by Crippen LogP contribution is -2.18. The van der Waals surface area contributed by atoms with Crippen molar-refractivity contribution < 1.29 is 24.2 Å². The maximum absolute atomic E-state index is 11.6. The minimum Gasteiger partial charge on any atom is -0.507 e. The third kappa shape index (κ3) is 4.48. The van der Waals surface area contributed by atoms with E-state index >= 15 is 0 Å². The summed E-state index contributed by atoms with van der Waals surface area (Å²) < 4.78 is 9.27. The highest BCUT2D eigenvalue weighted by atomic mass is 16.5. The van der Waals surface area contributed by atoms with Gasteiger partial charge in [-0.3, -0.25) is 4.79 Å². The molecule has 5 heteroatoms. The lowest BCUT2D eigenvalue weighted by Gasteiger charge is -2.25. The summed E-state index contributed by atoms with van der Waals surface area (Å²) in [6.45, 7) is 4.05. The Morgan fingerprint density at radius 1 is 1.19 bits per heavy atom. The molecule has 1 N–H and O–H groups in total.